The summed E-state index contributed by atoms with van der Waals surface area (Å²) in [4.78, 5) is 17.5. The summed E-state index contributed by atoms with van der Waals surface area (Å²) in [6, 6.07) is 9.44. The summed E-state index contributed by atoms with van der Waals surface area (Å²) in [6.45, 7) is 7.72. The zero-order chi connectivity index (χ0) is 13.6. The van der Waals surface area contributed by atoms with Gasteiger partial charge < -0.3 is 5.11 Å². The highest BCUT2D eigenvalue weighted by molar-refractivity contribution is 6.08. The lowest BCUT2D eigenvalue weighted by Gasteiger charge is -2.38. The van der Waals surface area contributed by atoms with E-state index in [-0.39, 0.29) is 0 Å². The van der Waals surface area contributed by atoms with E-state index in [4.69, 9.17) is 0 Å². The first kappa shape index (κ1) is 12.6. The molecular formula is C14H18N2O2. The summed E-state index contributed by atoms with van der Waals surface area (Å²) in [5, 5.41) is 9.46. The second-order valence-corrected chi connectivity index (χ2v) is 5.54. The maximum absolute atomic E-state index is 11.5. The molecule has 1 aromatic rings. The topological polar surface area (TPSA) is 52.9 Å². The Balaban J connectivity index is 2.56. The largest absolute Gasteiger partial charge is 0.465 e. The van der Waals surface area contributed by atoms with E-state index in [2.05, 4.69) is 4.99 Å². The second-order valence-electron chi connectivity index (χ2n) is 5.54. The molecule has 0 saturated carbocycles. The minimum Gasteiger partial charge on any atom is -0.465 e. The lowest BCUT2D eigenvalue weighted by Crippen LogP contribution is -2.55. The SMILES string of the molecule is CC1(C)N=C(c2ccccc2)N(C(=O)O)C1(C)C. The van der Waals surface area contributed by atoms with Gasteiger partial charge in [-0.3, -0.25) is 9.89 Å². The smallest absolute Gasteiger partial charge is 0.413 e. The van der Waals surface area contributed by atoms with E-state index in [1.165, 1.54) is 4.90 Å². The van der Waals surface area contributed by atoms with Crippen molar-refractivity contribution < 1.29 is 9.90 Å². The van der Waals surface area contributed by atoms with Gasteiger partial charge in [-0.2, -0.15) is 0 Å². The Morgan fingerprint density at radius 1 is 1.17 bits per heavy atom. The number of carboxylic acid groups (broad SMARTS) is 1. The molecule has 0 aliphatic carbocycles. The molecule has 0 fully saturated rings. The molecule has 0 radical (unpaired) electrons. The molecule has 0 aromatic heterocycles. The van der Waals surface area contributed by atoms with Crippen molar-refractivity contribution in [1.29, 1.82) is 0 Å². The fraction of sp³-hybridized carbons (Fsp3) is 0.429. The van der Waals surface area contributed by atoms with E-state index in [1.807, 2.05) is 58.0 Å². The van der Waals surface area contributed by atoms with Crippen LogP contribution in [0.3, 0.4) is 0 Å². The predicted octanol–water partition coefficient (Wildman–Crippen LogP) is 2.98. The number of benzene rings is 1. The normalized spacial score (nSPS) is 20.7. The Labute approximate surface area is 107 Å². The molecule has 1 aliphatic heterocycles. The first-order valence-corrected chi connectivity index (χ1v) is 5.96. The second kappa shape index (κ2) is 3.83. The van der Waals surface area contributed by atoms with Crippen molar-refractivity contribution in [3.63, 3.8) is 0 Å². The van der Waals surface area contributed by atoms with Gasteiger partial charge in [0.2, 0.25) is 0 Å². The number of aliphatic imine (C=N–C) groups is 1. The van der Waals surface area contributed by atoms with Crippen molar-refractivity contribution in [1.82, 2.24) is 4.90 Å². The van der Waals surface area contributed by atoms with E-state index in [9.17, 15) is 9.90 Å². The van der Waals surface area contributed by atoms with E-state index >= 15 is 0 Å². The van der Waals surface area contributed by atoms with Crippen LogP contribution in [0.4, 0.5) is 4.79 Å². The molecular weight excluding hydrogens is 228 g/mol. The third-order valence-corrected chi connectivity index (χ3v) is 3.88. The van der Waals surface area contributed by atoms with Crippen molar-refractivity contribution in [3.8, 4) is 0 Å². The molecule has 1 N–H and O–H groups in total. The summed E-state index contributed by atoms with van der Waals surface area (Å²) in [5.74, 6) is 0.526. The van der Waals surface area contributed by atoms with Gasteiger partial charge in [0.15, 0.2) is 0 Å². The van der Waals surface area contributed by atoms with E-state index in [1.54, 1.807) is 0 Å². The molecule has 4 nitrogen and oxygen atoms in total. The van der Waals surface area contributed by atoms with Gasteiger partial charge in [0, 0.05) is 5.56 Å². The van der Waals surface area contributed by atoms with Crippen LogP contribution in [0.25, 0.3) is 0 Å². The van der Waals surface area contributed by atoms with E-state index in [0.29, 0.717) is 5.84 Å². The van der Waals surface area contributed by atoms with Crippen molar-refractivity contribution >= 4 is 11.9 Å². The van der Waals surface area contributed by atoms with Gasteiger partial charge >= 0.3 is 6.09 Å². The lowest BCUT2D eigenvalue weighted by molar-refractivity contribution is 0.118. The third-order valence-electron chi connectivity index (χ3n) is 3.88. The number of hydrogen-bond donors (Lipinski definition) is 1. The van der Waals surface area contributed by atoms with Crippen molar-refractivity contribution in [2.45, 2.75) is 38.8 Å². The van der Waals surface area contributed by atoms with E-state index < -0.39 is 17.2 Å². The van der Waals surface area contributed by atoms with Crippen LogP contribution in [0.1, 0.15) is 33.3 Å². The van der Waals surface area contributed by atoms with Gasteiger partial charge in [0.1, 0.15) is 5.84 Å². The highest BCUT2D eigenvalue weighted by Crippen LogP contribution is 2.39. The standard InChI is InChI=1S/C14H18N2O2/c1-13(2)14(3,4)16(12(17)18)11(15-13)10-8-6-5-7-9-10/h5-9H,1-4H3,(H,17,18). The van der Waals surface area contributed by atoms with Crippen LogP contribution >= 0.6 is 0 Å². The fourth-order valence-corrected chi connectivity index (χ4v) is 2.10. The maximum atomic E-state index is 11.5. The van der Waals surface area contributed by atoms with Gasteiger partial charge in [0.05, 0.1) is 11.1 Å². The summed E-state index contributed by atoms with van der Waals surface area (Å²) >= 11 is 0. The molecule has 18 heavy (non-hydrogen) atoms. The highest BCUT2D eigenvalue weighted by atomic mass is 16.4. The minimum absolute atomic E-state index is 0.448. The highest BCUT2D eigenvalue weighted by Gasteiger charge is 2.51. The first-order chi connectivity index (χ1) is 8.27. The van der Waals surface area contributed by atoms with Gasteiger partial charge in [0.25, 0.3) is 0 Å². The zero-order valence-corrected chi connectivity index (χ0v) is 11.1. The number of carbonyl (C=O) groups is 1. The third kappa shape index (κ3) is 1.68. The van der Waals surface area contributed by atoms with Gasteiger partial charge in [-0.1, -0.05) is 30.3 Å². The lowest BCUT2D eigenvalue weighted by atomic mass is 9.83. The maximum Gasteiger partial charge on any atom is 0.413 e. The summed E-state index contributed by atoms with van der Waals surface area (Å²) in [5.41, 5.74) is -0.181. The van der Waals surface area contributed by atoms with Crippen LogP contribution in [0.5, 0.6) is 0 Å². The molecule has 1 aliphatic rings. The molecule has 2 rings (SSSR count). The monoisotopic (exact) mass is 246 g/mol. The van der Waals surface area contributed by atoms with Crippen LogP contribution in [-0.4, -0.2) is 33.0 Å². The molecule has 0 unspecified atom stereocenters. The number of hydrogen-bond acceptors (Lipinski definition) is 2. The molecule has 0 saturated heterocycles. The average molecular weight is 246 g/mol. The van der Waals surface area contributed by atoms with Gasteiger partial charge in [-0.05, 0) is 27.7 Å². The molecule has 96 valence electrons. The van der Waals surface area contributed by atoms with Crippen LogP contribution in [0.15, 0.2) is 35.3 Å². The van der Waals surface area contributed by atoms with Crippen LogP contribution in [0, 0.1) is 0 Å². The molecule has 0 bridgehead atoms. The minimum atomic E-state index is -0.965. The molecule has 0 spiro atoms. The molecule has 1 amide bonds. The Hall–Kier alpha value is -1.84. The van der Waals surface area contributed by atoms with Crippen LogP contribution in [-0.2, 0) is 0 Å². The Kier molecular flexibility index (Phi) is 2.69. The summed E-state index contributed by atoms with van der Waals surface area (Å²) < 4.78 is 0. The van der Waals surface area contributed by atoms with E-state index in [0.717, 1.165) is 5.56 Å². The summed E-state index contributed by atoms with van der Waals surface area (Å²) in [7, 11) is 0. The number of amides is 1. The molecule has 1 heterocycles. The van der Waals surface area contributed by atoms with Gasteiger partial charge in [-0.25, -0.2) is 4.79 Å². The Morgan fingerprint density at radius 2 is 1.72 bits per heavy atom. The number of rotatable bonds is 1. The summed E-state index contributed by atoms with van der Waals surface area (Å²) in [6.07, 6.45) is -0.965. The van der Waals surface area contributed by atoms with Crippen LogP contribution < -0.4 is 0 Å². The quantitative estimate of drug-likeness (QED) is 0.828. The molecule has 1 aromatic carbocycles. The number of nitrogens with zero attached hydrogens (tertiary/aromatic N) is 2. The number of amidine groups is 1. The molecule has 0 atom stereocenters. The van der Waals surface area contributed by atoms with Crippen molar-refractivity contribution in [2.24, 2.45) is 4.99 Å². The zero-order valence-electron chi connectivity index (χ0n) is 11.1. The fourth-order valence-electron chi connectivity index (χ4n) is 2.10. The van der Waals surface area contributed by atoms with Crippen molar-refractivity contribution in [2.75, 3.05) is 0 Å². The predicted molar refractivity (Wildman–Crippen MR) is 71.0 cm³/mol. The van der Waals surface area contributed by atoms with Crippen molar-refractivity contribution in [3.05, 3.63) is 35.9 Å². The van der Waals surface area contributed by atoms with Gasteiger partial charge in [-0.15, -0.1) is 0 Å². The average Bonchev–Trinajstić information content (AvgIpc) is 2.46. The molecule has 4 heteroatoms. The van der Waals surface area contributed by atoms with Crippen LogP contribution in [0.2, 0.25) is 0 Å². The Bertz CT molecular complexity index is 504. The first-order valence-electron chi connectivity index (χ1n) is 5.96. The Morgan fingerprint density at radius 3 is 2.22 bits per heavy atom.